The van der Waals surface area contributed by atoms with Crippen LogP contribution in [0.15, 0.2) is 70.9 Å². The maximum Gasteiger partial charge on any atom is 0.270 e. The van der Waals surface area contributed by atoms with Gasteiger partial charge < -0.3 is 10.1 Å². The number of anilines is 4. The van der Waals surface area contributed by atoms with E-state index in [9.17, 15) is 20.2 Å². The molecule has 0 bridgehead atoms. The number of non-ortho nitro benzene ring substituents is 2. The Balaban J connectivity index is 1.35. The molecule has 0 spiro atoms. The zero-order valence-electron chi connectivity index (χ0n) is 25.2. The number of fused-ring (bicyclic) bond motifs is 2. The van der Waals surface area contributed by atoms with Gasteiger partial charge in [0, 0.05) is 41.5 Å². The van der Waals surface area contributed by atoms with Crippen molar-refractivity contribution in [3.63, 3.8) is 0 Å². The Labute approximate surface area is 263 Å². The van der Waals surface area contributed by atoms with Crippen LogP contribution < -0.4 is 20.9 Å². The number of nitro groups is 2. The number of ether oxygens (including phenoxy) is 1. The molecule has 0 fully saturated rings. The predicted molar refractivity (Wildman–Crippen MR) is 175 cm³/mol. The molecule has 2 aliphatic carbocycles. The second kappa shape index (κ2) is 13.0. The molecule has 234 valence electrons. The fraction of sp³-hybridized carbons (Fsp3) is 0.250. The molecule has 14 nitrogen and oxygen atoms in total. The van der Waals surface area contributed by atoms with E-state index in [2.05, 4.69) is 36.3 Å². The van der Waals surface area contributed by atoms with Gasteiger partial charge >= 0.3 is 0 Å². The van der Waals surface area contributed by atoms with E-state index in [1.807, 2.05) is 25.1 Å². The van der Waals surface area contributed by atoms with Crippen LogP contribution in [0.5, 0.6) is 5.75 Å². The highest BCUT2D eigenvalue weighted by atomic mass is 16.6. The van der Waals surface area contributed by atoms with Crippen LogP contribution in [-0.2, 0) is 12.8 Å². The summed E-state index contributed by atoms with van der Waals surface area (Å²) in [7, 11) is 1.58. The third-order valence-electron chi connectivity index (χ3n) is 7.89. The Morgan fingerprint density at radius 3 is 1.78 bits per heavy atom. The van der Waals surface area contributed by atoms with Crippen LogP contribution in [0.2, 0.25) is 0 Å². The molecule has 0 amide bonds. The predicted octanol–water partition coefficient (Wildman–Crippen LogP) is 6.66. The molecule has 0 radical (unpaired) electrons. The van der Waals surface area contributed by atoms with E-state index < -0.39 is 9.85 Å². The molecule has 6 rings (SSSR count). The molecule has 3 aromatic carbocycles. The SMILES string of the molecule is COc1ccc(C)cc1Nc1nc(NN=C2CCCc3ccc([N+](=O)[O-])cc32)cc(NN=C2CCCc3ccc([N+](=O)[O-])cc32)n1. The largest absolute Gasteiger partial charge is 0.495 e. The summed E-state index contributed by atoms with van der Waals surface area (Å²) >= 11 is 0. The lowest BCUT2D eigenvalue weighted by atomic mass is 9.90. The summed E-state index contributed by atoms with van der Waals surface area (Å²) in [6.45, 7) is 1.96. The van der Waals surface area contributed by atoms with Crippen molar-refractivity contribution in [3.05, 3.63) is 109 Å². The minimum atomic E-state index is -0.412. The molecular weight excluding hydrogens is 590 g/mol. The Morgan fingerprint density at radius 2 is 1.28 bits per heavy atom. The Hall–Kier alpha value is -5.92. The maximum atomic E-state index is 11.4. The standard InChI is InChI=1S/C32H31N9O5/c1-19-9-14-29(46-2)28(15-19)33-32-34-30(38-36-26-7-3-5-20-10-12-22(40(42)43)16-24(20)26)18-31(35-32)39-37-27-8-4-6-21-11-13-23(41(44)45)17-25(21)27/h9-18H,3-8H2,1-2H3,(H3,33,34,35,38,39). The molecule has 46 heavy (non-hydrogen) atoms. The number of aromatic nitrogens is 2. The van der Waals surface area contributed by atoms with Crippen LogP contribution in [0.25, 0.3) is 0 Å². The third kappa shape index (κ3) is 6.60. The van der Waals surface area contributed by atoms with E-state index in [1.54, 1.807) is 37.4 Å². The number of rotatable bonds is 9. The monoisotopic (exact) mass is 621 g/mol. The molecule has 0 saturated carbocycles. The van der Waals surface area contributed by atoms with Gasteiger partial charge in [-0.05, 0) is 74.3 Å². The molecule has 1 aromatic heterocycles. The molecule has 4 aromatic rings. The highest BCUT2D eigenvalue weighted by molar-refractivity contribution is 6.04. The van der Waals surface area contributed by atoms with Crippen molar-refractivity contribution in [1.29, 1.82) is 0 Å². The lowest BCUT2D eigenvalue weighted by Gasteiger charge is -2.18. The van der Waals surface area contributed by atoms with E-state index in [4.69, 9.17) is 4.74 Å². The number of nitrogens with one attached hydrogen (secondary N) is 3. The Kier molecular flexibility index (Phi) is 8.50. The van der Waals surface area contributed by atoms with Gasteiger partial charge in [-0.25, -0.2) is 0 Å². The molecule has 1 heterocycles. The van der Waals surface area contributed by atoms with E-state index in [0.717, 1.165) is 53.5 Å². The average molecular weight is 622 g/mol. The van der Waals surface area contributed by atoms with Crippen molar-refractivity contribution < 1.29 is 14.6 Å². The van der Waals surface area contributed by atoms with Crippen molar-refractivity contribution in [2.24, 2.45) is 10.2 Å². The van der Waals surface area contributed by atoms with Crippen LogP contribution in [0.4, 0.5) is 34.6 Å². The van der Waals surface area contributed by atoms with Gasteiger partial charge in [0.2, 0.25) is 5.95 Å². The van der Waals surface area contributed by atoms with Gasteiger partial charge in [-0.3, -0.25) is 31.1 Å². The van der Waals surface area contributed by atoms with Crippen molar-refractivity contribution >= 4 is 46.1 Å². The fourth-order valence-electron chi connectivity index (χ4n) is 5.63. The zero-order chi connectivity index (χ0) is 32.2. The summed E-state index contributed by atoms with van der Waals surface area (Å²) < 4.78 is 5.52. The average Bonchev–Trinajstić information content (AvgIpc) is 3.05. The molecule has 0 atom stereocenters. The summed E-state index contributed by atoms with van der Waals surface area (Å²) in [5.74, 6) is 1.52. The van der Waals surface area contributed by atoms with Crippen molar-refractivity contribution in [2.45, 2.75) is 45.4 Å². The van der Waals surface area contributed by atoms with Crippen molar-refractivity contribution in [3.8, 4) is 5.75 Å². The number of aryl methyl sites for hydroxylation is 3. The van der Waals surface area contributed by atoms with Crippen LogP contribution >= 0.6 is 0 Å². The quantitative estimate of drug-likeness (QED) is 0.135. The first-order valence-corrected chi connectivity index (χ1v) is 14.8. The molecule has 14 heteroatoms. The highest BCUT2D eigenvalue weighted by Gasteiger charge is 2.21. The molecule has 0 saturated heterocycles. The molecule has 2 aliphatic rings. The summed E-state index contributed by atoms with van der Waals surface area (Å²) in [5.41, 5.74) is 12.6. The zero-order valence-corrected chi connectivity index (χ0v) is 25.2. The van der Waals surface area contributed by atoms with Gasteiger partial charge in [0.15, 0.2) is 11.6 Å². The molecule has 0 aliphatic heterocycles. The molecule has 0 unspecified atom stereocenters. The number of benzene rings is 3. The Morgan fingerprint density at radius 1 is 0.739 bits per heavy atom. The highest BCUT2D eigenvalue weighted by Crippen LogP contribution is 2.30. The smallest absolute Gasteiger partial charge is 0.270 e. The van der Waals surface area contributed by atoms with E-state index >= 15 is 0 Å². The number of hydrazone groups is 2. The number of nitro benzene ring substituents is 2. The van der Waals surface area contributed by atoms with E-state index in [-0.39, 0.29) is 17.3 Å². The maximum absolute atomic E-state index is 11.4. The topological polar surface area (TPSA) is 182 Å². The van der Waals surface area contributed by atoms with Crippen LogP contribution in [-0.4, -0.2) is 38.3 Å². The first-order valence-electron chi connectivity index (χ1n) is 14.8. The lowest BCUT2D eigenvalue weighted by Crippen LogP contribution is -2.15. The van der Waals surface area contributed by atoms with Crippen LogP contribution in [0.3, 0.4) is 0 Å². The van der Waals surface area contributed by atoms with Gasteiger partial charge in [0.1, 0.15) is 5.75 Å². The number of nitrogens with zero attached hydrogens (tertiary/aromatic N) is 6. The summed E-state index contributed by atoms with van der Waals surface area (Å²) in [6, 6.07) is 17.0. The van der Waals surface area contributed by atoms with Gasteiger partial charge in [0.25, 0.3) is 11.4 Å². The number of hydrogen-bond donors (Lipinski definition) is 3. The van der Waals surface area contributed by atoms with E-state index in [0.29, 0.717) is 47.3 Å². The van der Waals surface area contributed by atoms with Gasteiger partial charge in [-0.2, -0.15) is 20.2 Å². The second-order valence-corrected chi connectivity index (χ2v) is 11.0. The first-order chi connectivity index (χ1) is 22.3. The second-order valence-electron chi connectivity index (χ2n) is 11.0. The Bertz CT molecular complexity index is 1800. The first kappa shape index (κ1) is 30.1. The molecular formula is C32H31N9O5. The van der Waals surface area contributed by atoms with Crippen LogP contribution in [0, 0.1) is 27.2 Å². The van der Waals surface area contributed by atoms with Gasteiger partial charge in [-0.1, -0.05) is 18.2 Å². The number of hydrogen-bond acceptors (Lipinski definition) is 12. The third-order valence-corrected chi connectivity index (χ3v) is 7.89. The normalized spacial score (nSPS) is 15.5. The number of methoxy groups -OCH3 is 1. The fourth-order valence-corrected chi connectivity index (χ4v) is 5.63. The minimum absolute atomic E-state index is 0.00851. The van der Waals surface area contributed by atoms with Gasteiger partial charge in [-0.15, -0.1) is 0 Å². The molecule has 3 N–H and O–H groups in total. The lowest BCUT2D eigenvalue weighted by molar-refractivity contribution is -0.385. The van der Waals surface area contributed by atoms with Crippen molar-refractivity contribution in [2.75, 3.05) is 23.3 Å². The van der Waals surface area contributed by atoms with Gasteiger partial charge in [0.05, 0.1) is 34.1 Å². The van der Waals surface area contributed by atoms with Crippen LogP contribution in [0.1, 0.15) is 53.5 Å². The summed E-state index contributed by atoms with van der Waals surface area (Å²) in [6.07, 6.45) is 4.63. The minimum Gasteiger partial charge on any atom is -0.495 e. The van der Waals surface area contributed by atoms with E-state index in [1.165, 1.54) is 12.1 Å². The summed E-state index contributed by atoms with van der Waals surface area (Å²) in [4.78, 5) is 31.3. The summed E-state index contributed by atoms with van der Waals surface area (Å²) in [5, 5.41) is 35.3. The van der Waals surface area contributed by atoms with Crippen molar-refractivity contribution in [1.82, 2.24) is 9.97 Å².